The van der Waals surface area contributed by atoms with Crippen LogP contribution in [-0.4, -0.2) is 49.2 Å². The number of carbonyl (C=O) groups is 1. The maximum atomic E-state index is 12.3. The number of hydrogen-bond acceptors (Lipinski definition) is 3. The van der Waals surface area contributed by atoms with Gasteiger partial charge in [0.2, 0.25) is 5.91 Å². The van der Waals surface area contributed by atoms with E-state index in [0.29, 0.717) is 19.3 Å². The zero-order valence-corrected chi connectivity index (χ0v) is 11.7. The fourth-order valence-electron chi connectivity index (χ4n) is 3.12. The Bertz CT molecular complexity index is 271. The molecule has 0 radical (unpaired) electrons. The van der Waals surface area contributed by atoms with Crippen molar-refractivity contribution in [3.8, 4) is 0 Å². The van der Waals surface area contributed by atoms with E-state index in [2.05, 4.69) is 12.2 Å². The normalized spacial score (nSPS) is 25.1. The van der Waals surface area contributed by atoms with E-state index < -0.39 is 0 Å². The summed E-state index contributed by atoms with van der Waals surface area (Å²) >= 11 is 0. The smallest absolute Gasteiger partial charge is 0.239 e. The fourth-order valence-corrected chi connectivity index (χ4v) is 3.12. The van der Waals surface area contributed by atoms with E-state index in [1.54, 1.807) is 0 Å². The topological polar surface area (TPSA) is 41.6 Å². The van der Waals surface area contributed by atoms with Crippen LogP contribution in [-0.2, 0) is 9.53 Å². The molecule has 18 heavy (non-hydrogen) atoms. The molecule has 2 rings (SSSR count). The number of nitrogens with one attached hydrogen (secondary N) is 1. The van der Waals surface area contributed by atoms with E-state index in [-0.39, 0.29) is 11.9 Å². The van der Waals surface area contributed by atoms with Crippen LogP contribution in [0.2, 0.25) is 0 Å². The van der Waals surface area contributed by atoms with Crippen LogP contribution in [0.4, 0.5) is 0 Å². The maximum Gasteiger partial charge on any atom is 0.239 e. The molecule has 104 valence electrons. The Hall–Kier alpha value is -0.610. The molecule has 0 aromatic rings. The lowest BCUT2D eigenvalue weighted by molar-refractivity contribution is -0.137. The lowest BCUT2D eigenvalue weighted by Crippen LogP contribution is -2.52. The predicted molar refractivity (Wildman–Crippen MR) is 71.4 cm³/mol. The van der Waals surface area contributed by atoms with Gasteiger partial charge in [-0.1, -0.05) is 12.8 Å². The van der Waals surface area contributed by atoms with Crippen molar-refractivity contribution in [2.45, 2.75) is 51.6 Å². The van der Waals surface area contributed by atoms with Crippen molar-refractivity contribution < 1.29 is 9.53 Å². The maximum absolute atomic E-state index is 12.3. The molecule has 1 saturated heterocycles. The molecule has 1 unspecified atom stereocenters. The summed E-state index contributed by atoms with van der Waals surface area (Å²) in [6.07, 6.45) is 5.32. The van der Waals surface area contributed by atoms with E-state index in [9.17, 15) is 4.79 Å². The predicted octanol–water partition coefficient (Wildman–Crippen LogP) is 1.40. The zero-order chi connectivity index (χ0) is 13.0. The summed E-state index contributed by atoms with van der Waals surface area (Å²) in [7, 11) is 0. The summed E-state index contributed by atoms with van der Waals surface area (Å²) in [5, 5.41) is 3.49. The molecular formula is C14H26N2O2. The first-order chi connectivity index (χ1) is 8.68. The molecule has 1 aliphatic carbocycles. The number of hydrogen-bond donors (Lipinski definition) is 1. The Balaban J connectivity index is 1.78. The van der Waals surface area contributed by atoms with E-state index in [1.165, 1.54) is 25.7 Å². The quantitative estimate of drug-likeness (QED) is 0.824. The van der Waals surface area contributed by atoms with Crippen molar-refractivity contribution in [1.82, 2.24) is 10.2 Å². The summed E-state index contributed by atoms with van der Waals surface area (Å²) in [6.45, 7) is 7.04. The molecule has 1 heterocycles. The lowest BCUT2D eigenvalue weighted by Gasteiger charge is -2.31. The standard InChI is InChI=1S/C14H26N2O2/c1-11(13-5-3-4-6-13)15-12(2)14(17)16-7-9-18-10-8-16/h11-13,15H,3-10H2,1-2H3/t11-,12?/m0/s1. The number of amides is 1. The number of rotatable bonds is 4. The van der Waals surface area contributed by atoms with E-state index >= 15 is 0 Å². The first-order valence-corrected chi connectivity index (χ1v) is 7.31. The summed E-state index contributed by atoms with van der Waals surface area (Å²) in [4.78, 5) is 14.2. The van der Waals surface area contributed by atoms with Gasteiger partial charge in [-0.05, 0) is 32.6 Å². The highest BCUT2D eigenvalue weighted by Gasteiger charge is 2.27. The Labute approximate surface area is 110 Å². The van der Waals surface area contributed by atoms with E-state index in [4.69, 9.17) is 4.74 Å². The number of nitrogens with zero attached hydrogens (tertiary/aromatic N) is 1. The van der Waals surface area contributed by atoms with Gasteiger partial charge in [0, 0.05) is 19.1 Å². The average Bonchev–Trinajstić information content (AvgIpc) is 2.92. The van der Waals surface area contributed by atoms with Crippen LogP contribution in [0.3, 0.4) is 0 Å². The Morgan fingerprint density at radius 3 is 2.44 bits per heavy atom. The SMILES string of the molecule is CC(N[C@@H](C)C1CCCC1)C(=O)N1CCOCC1. The lowest BCUT2D eigenvalue weighted by atomic mass is 9.99. The van der Waals surface area contributed by atoms with Gasteiger partial charge in [-0.15, -0.1) is 0 Å². The van der Waals surface area contributed by atoms with E-state index in [1.807, 2.05) is 11.8 Å². The summed E-state index contributed by atoms with van der Waals surface area (Å²) in [5.41, 5.74) is 0. The second-order valence-electron chi connectivity index (χ2n) is 5.66. The number of morpholine rings is 1. The van der Waals surface area contributed by atoms with Crippen molar-refractivity contribution in [2.75, 3.05) is 26.3 Å². The van der Waals surface area contributed by atoms with Crippen molar-refractivity contribution in [1.29, 1.82) is 0 Å². The molecule has 0 bridgehead atoms. The monoisotopic (exact) mass is 254 g/mol. The van der Waals surface area contributed by atoms with Crippen LogP contribution in [0.1, 0.15) is 39.5 Å². The van der Waals surface area contributed by atoms with Gasteiger partial charge in [0.1, 0.15) is 0 Å². The van der Waals surface area contributed by atoms with Crippen molar-refractivity contribution in [3.63, 3.8) is 0 Å². The van der Waals surface area contributed by atoms with Gasteiger partial charge in [0.05, 0.1) is 19.3 Å². The second kappa shape index (κ2) is 6.53. The average molecular weight is 254 g/mol. The Morgan fingerprint density at radius 2 is 1.83 bits per heavy atom. The first-order valence-electron chi connectivity index (χ1n) is 7.31. The molecule has 1 amide bonds. The van der Waals surface area contributed by atoms with Gasteiger partial charge in [0.15, 0.2) is 0 Å². The second-order valence-corrected chi connectivity index (χ2v) is 5.66. The van der Waals surface area contributed by atoms with Gasteiger partial charge in [-0.2, -0.15) is 0 Å². The number of ether oxygens (including phenoxy) is 1. The van der Waals surface area contributed by atoms with Crippen LogP contribution >= 0.6 is 0 Å². The highest BCUT2D eigenvalue weighted by molar-refractivity contribution is 5.81. The fraction of sp³-hybridized carbons (Fsp3) is 0.929. The largest absolute Gasteiger partial charge is 0.378 e. The minimum atomic E-state index is -0.0706. The van der Waals surface area contributed by atoms with Gasteiger partial charge >= 0.3 is 0 Å². The molecule has 4 heteroatoms. The zero-order valence-electron chi connectivity index (χ0n) is 11.7. The molecule has 2 aliphatic rings. The minimum absolute atomic E-state index is 0.0706. The molecule has 1 N–H and O–H groups in total. The Kier molecular flexibility index (Phi) is 5.01. The molecular weight excluding hydrogens is 228 g/mol. The highest BCUT2D eigenvalue weighted by Crippen LogP contribution is 2.27. The first kappa shape index (κ1) is 13.8. The summed E-state index contributed by atoms with van der Waals surface area (Å²) < 4.78 is 5.28. The van der Waals surface area contributed by atoms with Crippen LogP contribution in [0.25, 0.3) is 0 Å². The summed E-state index contributed by atoms with van der Waals surface area (Å²) in [6, 6.07) is 0.381. The molecule has 0 aromatic heterocycles. The van der Waals surface area contributed by atoms with Gasteiger partial charge in [0.25, 0.3) is 0 Å². The van der Waals surface area contributed by atoms with Crippen LogP contribution < -0.4 is 5.32 Å². The Morgan fingerprint density at radius 1 is 1.22 bits per heavy atom. The molecule has 0 spiro atoms. The van der Waals surface area contributed by atoms with Gasteiger partial charge in [-0.3, -0.25) is 4.79 Å². The molecule has 2 atom stereocenters. The third kappa shape index (κ3) is 3.45. The highest BCUT2D eigenvalue weighted by atomic mass is 16.5. The third-order valence-corrected chi connectivity index (χ3v) is 4.31. The van der Waals surface area contributed by atoms with Crippen LogP contribution in [0, 0.1) is 5.92 Å². The van der Waals surface area contributed by atoms with Crippen molar-refractivity contribution in [2.24, 2.45) is 5.92 Å². The van der Waals surface area contributed by atoms with Gasteiger partial charge < -0.3 is 15.0 Å². The molecule has 1 aliphatic heterocycles. The molecule has 0 aromatic carbocycles. The minimum Gasteiger partial charge on any atom is -0.378 e. The van der Waals surface area contributed by atoms with Crippen molar-refractivity contribution >= 4 is 5.91 Å². The number of carbonyl (C=O) groups excluding carboxylic acids is 1. The molecule has 2 fully saturated rings. The summed E-state index contributed by atoms with van der Waals surface area (Å²) in [5.74, 6) is 0.980. The van der Waals surface area contributed by atoms with Crippen LogP contribution in [0.5, 0.6) is 0 Å². The molecule has 1 saturated carbocycles. The third-order valence-electron chi connectivity index (χ3n) is 4.31. The van der Waals surface area contributed by atoms with Crippen molar-refractivity contribution in [3.05, 3.63) is 0 Å². The van der Waals surface area contributed by atoms with E-state index in [0.717, 1.165) is 19.0 Å². The molecule has 4 nitrogen and oxygen atoms in total. The van der Waals surface area contributed by atoms with Gasteiger partial charge in [-0.25, -0.2) is 0 Å². The van der Waals surface area contributed by atoms with Crippen LogP contribution in [0.15, 0.2) is 0 Å².